The molecule has 168 valence electrons. The van der Waals surface area contributed by atoms with E-state index in [2.05, 4.69) is 10.6 Å². The molecule has 0 aliphatic carbocycles. The van der Waals surface area contributed by atoms with Gasteiger partial charge in [-0.25, -0.2) is 0 Å². The molecule has 6 heteroatoms. The normalized spacial score (nSPS) is 12.2. The van der Waals surface area contributed by atoms with Crippen LogP contribution in [0.2, 0.25) is 0 Å². The molecule has 4 aromatic rings. The zero-order valence-corrected chi connectivity index (χ0v) is 18.9. The van der Waals surface area contributed by atoms with Crippen LogP contribution in [0.4, 0.5) is 0 Å². The van der Waals surface area contributed by atoms with E-state index in [9.17, 15) is 4.79 Å². The van der Waals surface area contributed by atoms with Gasteiger partial charge in [0.05, 0.1) is 25.5 Å². The first-order chi connectivity index (χ1) is 16.1. The number of ketones is 1. The second kappa shape index (κ2) is 8.64. The van der Waals surface area contributed by atoms with E-state index in [1.165, 1.54) is 5.56 Å². The number of carbonyl (C=O) groups is 1. The Kier molecular flexibility index (Phi) is 5.52. The van der Waals surface area contributed by atoms with Crippen LogP contribution in [0, 0.1) is 0 Å². The standard InChI is InChI=1S/C27H25NO5/c1-30-16-33-19-6-4-17(5-7-19)27(29)25-23-15-21(32-3)9-11-24(23)28-13-12-18-14-20(31-2)8-10-22(18)26(25)28/h4-11,14-15H,12-13,16H2,1-3H3. The number of methoxy groups -OCH3 is 3. The molecule has 0 saturated heterocycles. The van der Waals surface area contributed by atoms with E-state index in [0.29, 0.717) is 16.9 Å². The fraction of sp³-hybridized carbons (Fsp3) is 0.222. The van der Waals surface area contributed by atoms with Gasteiger partial charge in [0, 0.05) is 35.7 Å². The van der Waals surface area contributed by atoms with Crippen molar-refractivity contribution in [3.05, 3.63) is 77.4 Å². The zero-order chi connectivity index (χ0) is 22.9. The van der Waals surface area contributed by atoms with Crippen molar-refractivity contribution in [2.24, 2.45) is 0 Å². The summed E-state index contributed by atoms with van der Waals surface area (Å²) in [6, 6.07) is 19.1. The second-order valence-corrected chi connectivity index (χ2v) is 7.94. The highest BCUT2D eigenvalue weighted by Gasteiger charge is 2.29. The number of aromatic nitrogens is 1. The molecule has 0 unspecified atom stereocenters. The number of hydrogen-bond acceptors (Lipinski definition) is 5. The van der Waals surface area contributed by atoms with E-state index < -0.39 is 0 Å². The number of rotatable bonds is 7. The van der Waals surface area contributed by atoms with Crippen molar-refractivity contribution >= 4 is 16.7 Å². The first-order valence-corrected chi connectivity index (χ1v) is 10.8. The van der Waals surface area contributed by atoms with Crippen molar-refractivity contribution in [2.75, 3.05) is 28.1 Å². The van der Waals surface area contributed by atoms with Crippen LogP contribution >= 0.6 is 0 Å². The van der Waals surface area contributed by atoms with Gasteiger partial charge in [0.1, 0.15) is 17.2 Å². The maximum atomic E-state index is 13.9. The Balaban J connectivity index is 1.69. The van der Waals surface area contributed by atoms with E-state index >= 15 is 0 Å². The van der Waals surface area contributed by atoms with Crippen molar-refractivity contribution in [3.8, 4) is 28.5 Å². The molecule has 2 heterocycles. The van der Waals surface area contributed by atoms with Gasteiger partial charge in [-0.2, -0.15) is 0 Å². The van der Waals surface area contributed by atoms with Gasteiger partial charge in [-0.3, -0.25) is 4.79 Å². The predicted octanol–water partition coefficient (Wildman–Crippen LogP) is 5.10. The van der Waals surface area contributed by atoms with Gasteiger partial charge in [-0.15, -0.1) is 0 Å². The Morgan fingerprint density at radius 2 is 1.58 bits per heavy atom. The number of nitrogens with zero attached hydrogens (tertiary/aromatic N) is 1. The van der Waals surface area contributed by atoms with Crippen molar-refractivity contribution in [2.45, 2.75) is 13.0 Å². The van der Waals surface area contributed by atoms with Crippen LogP contribution < -0.4 is 14.2 Å². The number of ether oxygens (including phenoxy) is 4. The highest BCUT2D eigenvalue weighted by molar-refractivity contribution is 6.21. The molecule has 5 rings (SSSR count). The maximum absolute atomic E-state index is 13.9. The highest BCUT2D eigenvalue weighted by atomic mass is 16.7. The van der Waals surface area contributed by atoms with Gasteiger partial charge >= 0.3 is 0 Å². The van der Waals surface area contributed by atoms with E-state index in [4.69, 9.17) is 18.9 Å². The van der Waals surface area contributed by atoms with Crippen molar-refractivity contribution in [1.82, 2.24) is 4.57 Å². The summed E-state index contributed by atoms with van der Waals surface area (Å²) >= 11 is 0. The molecule has 0 atom stereocenters. The Morgan fingerprint density at radius 1 is 0.879 bits per heavy atom. The summed E-state index contributed by atoms with van der Waals surface area (Å²) in [7, 11) is 4.88. The summed E-state index contributed by atoms with van der Waals surface area (Å²) in [5, 5.41) is 0.887. The quantitative estimate of drug-likeness (QED) is 0.294. The van der Waals surface area contributed by atoms with Crippen molar-refractivity contribution < 1.29 is 23.7 Å². The molecule has 0 amide bonds. The molecule has 1 aliphatic rings. The Morgan fingerprint density at radius 3 is 2.30 bits per heavy atom. The molecule has 0 saturated carbocycles. The molecule has 0 bridgehead atoms. The van der Waals surface area contributed by atoms with Crippen LogP contribution in [-0.2, 0) is 17.7 Å². The lowest BCUT2D eigenvalue weighted by atomic mass is 9.92. The van der Waals surface area contributed by atoms with Crippen molar-refractivity contribution in [1.29, 1.82) is 0 Å². The summed E-state index contributed by atoms with van der Waals surface area (Å²) in [6.45, 7) is 0.945. The Hall–Kier alpha value is -3.77. The van der Waals surface area contributed by atoms with E-state index in [1.54, 1.807) is 45.6 Å². The van der Waals surface area contributed by atoms with Gasteiger partial charge in [0.2, 0.25) is 0 Å². The predicted molar refractivity (Wildman–Crippen MR) is 127 cm³/mol. The van der Waals surface area contributed by atoms with Gasteiger partial charge in [0.25, 0.3) is 0 Å². The molecular weight excluding hydrogens is 418 g/mol. The molecule has 1 aromatic heterocycles. The SMILES string of the molecule is COCOc1ccc(C(=O)c2c3n(c4ccc(OC)cc24)CCc2cc(OC)ccc2-3)cc1. The molecule has 0 N–H and O–H groups in total. The van der Waals surface area contributed by atoms with Crippen molar-refractivity contribution in [3.63, 3.8) is 0 Å². The van der Waals surface area contributed by atoms with Gasteiger partial charge in [0.15, 0.2) is 12.6 Å². The molecule has 0 fully saturated rings. The fourth-order valence-electron chi connectivity index (χ4n) is 4.54. The summed E-state index contributed by atoms with van der Waals surface area (Å²) < 4.78 is 23.6. The average molecular weight is 443 g/mol. The summed E-state index contributed by atoms with van der Waals surface area (Å²) in [5.41, 5.74) is 5.47. The molecule has 1 aliphatic heterocycles. The maximum Gasteiger partial charge on any atom is 0.195 e. The molecule has 3 aromatic carbocycles. The smallest absolute Gasteiger partial charge is 0.195 e. The number of fused-ring (bicyclic) bond motifs is 5. The van der Waals surface area contributed by atoms with Gasteiger partial charge < -0.3 is 23.5 Å². The molecule has 33 heavy (non-hydrogen) atoms. The van der Waals surface area contributed by atoms with Crippen LogP contribution in [0.25, 0.3) is 22.2 Å². The second-order valence-electron chi connectivity index (χ2n) is 7.94. The summed E-state index contributed by atoms with van der Waals surface area (Å²) in [5.74, 6) is 2.15. The number of aryl methyl sites for hydroxylation is 2. The molecular formula is C27H25NO5. The topological polar surface area (TPSA) is 58.9 Å². The zero-order valence-electron chi connectivity index (χ0n) is 18.9. The molecule has 0 spiro atoms. The third-order valence-corrected chi connectivity index (χ3v) is 6.13. The van der Waals surface area contributed by atoms with Crippen LogP contribution in [0.1, 0.15) is 21.5 Å². The minimum atomic E-state index is -0.0380. The lowest BCUT2D eigenvalue weighted by Gasteiger charge is -2.22. The lowest BCUT2D eigenvalue weighted by Crippen LogP contribution is -2.13. The monoisotopic (exact) mass is 443 g/mol. The minimum Gasteiger partial charge on any atom is -0.497 e. The van der Waals surface area contributed by atoms with Crippen LogP contribution in [-0.4, -0.2) is 38.5 Å². The largest absolute Gasteiger partial charge is 0.497 e. The number of carbonyl (C=O) groups excluding carboxylic acids is 1. The average Bonchev–Trinajstić information content (AvgIpc) is 3.20. The van der Waals surface area contributed by atoms with Gasteiger partial charge in [-0.1, -0.05) is 0 Å². The summed E-state index contributed by atoms with van der Waals surface area (Å²) in [4.78, 5) is 13.9. The van der Waals surface area contributed by atoms with Crippen LogP contribution in [0.15, 0.2) is 60.7 Å². The number of benzene rings is 3. The third-order valence-electron chi connectivity index (χ3n) is 6.13. The van der Waals surface area contributed by atoms with E-state index in [0.717, 1.165) is 46.6 Å². The summed E-state index contributed by atoms with van der Waals surface area (Å²) in [6.07, 6.45) is 0.870. The van der Waals surface area contributed by atoms with Crippen LogP contribution in [0.3, 0.4) is 0 Å². The van der Waals surface area contributed by atoms with Gasteiger partial charge in [-0.05, 0) is 72.6 Å². The van der Waals surface area contributed by atoms with E-state index in [1.807, 2.05) is 30.3 Å². The minimum absolute atomic E-state index is 0.0380. The first kappa shape index (κ1) is 21.1. The Bertz CT molecular complexity index is 1340. The highest BCUT2D eigenvalue weighted by Crippen LogP contribution is 2.42. The van der Waals surface area contributed by atoms with Crippen LogP contribution in [0.5, 0.6) is 17.2 Å². The molecule has 6 nitrogen and oxygen atoms in total. The fourth-order valence-corrected chi connectivity index (χ4v) is 4.54. The van der Waals surface area contributed by atoms with E-state index in [-0.39, 0.29) is 12.6 Å². The molecule has 0 radical (unpaired) electrons. The third kappa shape index (κ3) is 3.62. The Labute approximate surface area is 192 Å². The number of hydrogen-bond donors (Lipinski definition) is 0. The lowest BCUT2D eigenvalue weighted by molar-refractivity contribution is 0.0511. The first-order valence-electron chi connectivity index (χ1n) is 10.8.